The SMILES string of the molecule is CC(O)c1cccnc1N1CCN2C(=O)NCC2C1. The predicted octanol–water partition coefficient (Wildman–Crippen LogP) is 0.349. The highest BCUT2D eigenvalue weighted by Gasteiger charge is 2.36. The van der Waals surface area contributed by atoms with Gasteiger partial charge in [0, 0.05) is 37.9 Å². The second kappa shape index (κ2) is 4.70. The number of fused-ring (bicyclic) bond motifs is 1. The molecule has 3 rings (SSSR count). The molecule has 0 aliphatic carbocycles. The summed E-state index contributed by atoms with van der Waals surface area (Å²) in [5, 5.41) is 12.7. The summed E-state index contributed by atoms with van der Waals surface area (Å²) in [7, 11) is 0. The van der Waals surface area contributed by atoms with Gasteiger partial charge in [0.25, 0.3) is 0 Å². The molecule has 2 fully saturated rings. The first-order valence-electron chi connectivity index (χ1n) is 6.59. The number of hydrogen-bond donors (Lipinski definition) is 2. The lowest BCUT2D eigenvalue weighted by molar-refractivity contribution is 0.193. The number of nitrogens with one attached hydrogen (secondary N) is 1. The molecule has 6 nitrogen and oxygen atoms in total. The highest BCUT2D eigenvalue weighted by atomic mass is 16.3. The molecule has 1 aromatic heterocycles. The van der Waals surface area contributed by atoms with Crippen molar-refractivity contribution in [2.75, 3.05) is 31.1 Å². The van der Waals surface area contributed by atoms with E-state index < -0.39 is 6.10 Å². The number of aliphatic hydroxyl groups excluding tert-OH is 1. The zero-order valence-corrected chi connectivity index (χ0v) is 10.9. The van der Waals surface area contributed by atoms with Crippen molar-refractivity contribution in [1.29, 1.82) is 0 Å². The molecule has 0 aromatic carbocycles. The van der Waals surface area contributed by atoms with Crippen molar-refractivity contribution in [2.24, 2.45) is 0 Å². The molecule has 0 spiro atoms. The van der Waals surface area contributed by atoms with Crippen molar-refractivity contribution in [3.8, 4) is 0 Å². The van der Waals surface area contributed by atoms with Crippen molar-refractivity contribution in [3.05, 3.63) is 23.9 Å². The molecule has 0 radical (unpaired) electrons. The van der Waals surface area contributed by atoms with Gasteiger partial charge in [0.15, 0.2) is 0 Å². The van der Waals surface area contributed by atoms with Gasteiger partial charge in [-0.25, -0.2) is 9.78 Å². The van der Waals surface area contributed by atoms with Crippen LogP contribution in [0.4, 0.5) is 10.6 Å². The van der Waals surface area contributed by atoms with Crippen molar-refractivity contribution < 1.29 is 9.90 Å². The normalized spacial score (nSPS) is 24.1. The lowest BCUT2D eigenvalue weighted by Crippen LogP contribution is -2.52. The molecule has 2 N–H and O–H groups in total. The maximum Gasteiger partial charge on any atom is 0.317 e. The fraction of sp³-hybridized carbons (Fsp3) is 0.538. The molecular formula is C13H18N4O2. The van der Waals surface area contributed by atoms with E-state index in [2.05, 4.69) is 15.2 Å². The van der Waals surface area contributed by atoms with Gasteiger partial charge in [0.2, 0.25) is 0 Å². The summed E-state index contributed by atoms with van der Waals surface area (Å²) in [6, 6.07) is 3.96. The number of piperazine rings is 1. The number of pyridine rings is 1. The van der Waals surface area contributed by atoms with Gasteiger partial charge in [-0.2, -0.15) is 0 Å². The first kappa shape index (κ1) is 12.2. The van der Waals surface area contributed by atoms with E-state index in [9.17, 15) is 9.90 Å². The number of rotatable bonds is 2. The Bertz CT molecular complexity index is 491. The van der Waals surface area contributed by atoms with Crippen LogP contribution in [-0.2, 0) is 0 Å². The monoisotopic (exact) mass is 262 g/mol. The molecule has 0 saturated carbocycles. The van der Waals surface area contributed by atoms with E-state index in [4.69, 9.17) is 0 Å². The Balaban J connectivity index is 1.83. The number of carbonyl (C=O) groups is 1. The Morgan fingerprint density at radius 1 is 1.53 bits per heavy atom. The third-order valence-corrected chi connectivity index (χ3v) is 3.80. The third-order valence-electron chi connectivity index (χ3n) is 3.80. The second-order valence-corrected chi connectivity index (χ2v) is 5.07. The maximum absolute atomic E-state index is 11.6. The van der Waals surface area contributed by atoms with Gasteiger partial charge in [-0.1, -0.05) is 6.07 Å². The minimum atomic E-state index is -0.537. The zero-order chi connectivity index (χ0) is 13.4. The average Bonchev–Trinajstić information content (AvgIpc) is 2.80. The van der Waals surface area contributed by atoms with Crippen LogP contribution in [0.5, 0.6) is 0 Å². The highest BCUT2D eigenvalue weighted by Crippen LogP contribution is 2.26. The summed E-state index contributed by atoms with van der Waals surface area (Å²) in [6.45, 7) is 4.64. The number of aromatic nitrogens is 1. The summed E-state index contributed by atoms with van der Waals surface area (Å²) in [5.41, 5.74) is 0.841. The van der Waals surface area contributed by atoms with E-state index in [0.29, 0.717) is 13.1 Å². The predicted molar refractivity (Wildman–Crippen MR) is 71.0 cm³/mol. The number of anilines is 1. The Hall–Kier alpha value is -1.82. The minimum Gasteiger partial charge on any atom is -0.389 e. The molecule has 19 heavy (non-hydrogen) atoms. The lowest BCUT2D eigenvalue weighted by atomic mass is 10.1. The van der Waals surface area contributed by atoms with Gasteiger partial charge in [-0.3, -0.25) is 0 Å². The standard InChI is InChI=1S/C13H18N4O2/c1-9(18)11-3-2-4-14-12(11)16-5-6-17-10(8-16)7-15-13(17)19/h2-4,9-10,18H,5-8H2,1H3,(H,15,19). The molecule has 2 amide bonds. The quantitative estimate of drug-likeness (QED) is 0.807. The Morgan fingerprint density at radius 2 is 2.37 bits per heavy atom. The Morgan fingerprint density at radius 3 is 3.16 bits per heavy atom. The largest absolute Gasteiger partial charge is 0.389 e. The van der Waals surface area contributed by atoms with Crippen LogP contribution in [0, 0.1) is 0 Å². The molecule has 102 valence electrons. The molecule has 2 aliphatic heterocycles. The topological polar surface area (TPSA) is 68.7 Å². The van der Waals surface area contributed by atoms with Gasteiger partial charge in [-0.15, -0.1) is 0 Å². The van der Waals surface area contributed by atoms with Crippen molar-refractivity contribution in [3.63, 3.8) is 0 Å². The van der Waals surface area contributed by atoms with Crippen LogP contribution in [-0.4, -0.2) is 53.2 Å². The Labute approximate surface area is 112 Å². The van der Waals surface area contributed by atoms with Crippen molar-refractivity contribution in [2.45, 2.75) is 19.1 Å². The number of carbonyl (C=O) groups excluding carboxylic acids is 1. The molecule has 6 heteroatoms. The molecule has 2 atom stereocenters. The molecule has 3 heterocycles. The fourth-order valence-electron chi connectivity index (χ4n) is 2.80. The summed E-state index contributed by atoms with van der Waals surface area (Å²) in [5.74, 6) is 0.830. The maximum atomic E-state index is 11.6. The van der Waals surface area contributed by atoms with Gasteiger partial charge in [-0.05, 0) is 13.0 Å². The van der Waals surface area contributed by atoms with Crippen molar-refractivity contribution >= 4 is 11.8 Å². The first-order valence-corrected chi connectivity index (χ1v) is 6.59. The smallest absolute Gasteiger partial charge is 0.317 e. The zero-order valence-electron chi connectivity index (χ0n) is 10.9. The second-order valence-electron chi connectivity index (χ2n) is 5.07. The van der Waals surface area contributed by atoms with Gasteiger partial charge < -0.3 is 20.2 Å². The van der Waals surface area contributed by atoms with Crippen molar-refractivity contribution in [1.82, 2.24) is 15.2 Å². The third kappa shape index (κ3) is 2.12. The van der Waals surface area contributed by atoms with Crippen LogP contribution in [0.1, 0.15) is 18.6 Å². The van der Waals surface area contributed by atoms with Crippen LogP contribution < -0.4 is 10.2 Å². The molecule has 1 aromatic rings. The van der Waals surface area contributed by atoms with E-state index in [1.807, 2.05) is 17.0 Å². The minimum absolute atomic E-state index is 0.0291. The molecular weight excluding hydrogens is 244 g/mol. The number of amides is 2. The fourth-order valence-corrected chi connectivity index (χ4v) is 2.80. The molecule has 2 saturated heterocycles. The summed E-state index contributed by atoms with van der Waals surface area (Å²) in [6.07, 6.45) is 1.20. The van der Waals surface area contributed by atoms with Gasteiger partial charge in [0.1, 0.15) is 5.82 Å². The molecule has 2 unspecified atom stereocenters. The lowest BCUT2D eigenvalue weighted by Gasteiger charge is -2.38. The van der Waals surface area contributed by atoms with Crippen LogP contribution in [0.15, 0.2) is 18.3 Å². The summed E-state index contributed by atoms with van der Waals surface area (Å²) < 4.78 is 0. The van der Waals surface area contributed by atoms with Gasteiger partial charge in [0.05, 0.1) is 12.1 Å². The summed E-state index contributed by atoms with van der Waals surface area (Å²) >= 11 is 0. The van der Waals surface area contributed by atoms with E-state index in [-0.39, 0.29) is 12.1 Å². The molecule has 0 bridgehead atoms. The van der Waals surface area contributed by atoms with E-state index in [1.54, 1.807) is 13.1 Å². The van der Waals surface area contributed by atoms with Crippen LogP contribution in [0.2, 0.25) is 0 Å². The van der Waals surface area contributed by atoms with Crippen LogP contribution in [0.25, 0.3) is 0 Å². The number of urea groups is 1. The number of hydrogen-bond acceptors (Lipinski definition) is 4. The van der Waals surface area contributed by atoms with Gasteiger partial charge >= 0.3 is 6.03 Å². The summed E-state index contributed by atoms with van der Waals surface area (Å²) in [4.78, 5) is 20.0. The first-order chi connectivity index (χ1) is 9.16. The average molecular weight is 262 g/mol. The van der Waals surface area contributed by atoms with Crippen LogP contribution in [0.3, 0.4) is 0 Å². The number of aliphatic hydroxyl groups is 1. The van der Waals surface area contributed by atoms with E-state index in [1.165, 1.54) is 0 Å². The number of nitrogens with zero attached hydrogens (tertiary/aromatic N) is 3. The Kier molecular flexibility index (Phi) is 3.02. The van der Waals surface area contributed by atoms with Crippen LogP contribution >= 0.6 is 0 Å². The molecule has 2 aliphatic rings. The van der Waals surface area contributed by atoms with E-state index in [0.717, 1.165) is 24.5 Å². The highest BCUT2D eigenvalue weighted by molar-refractivity contribution is 5.77. The van der Waals surface area contributed by atoms with E-state index >= 15 is 0 Å².